The first-order chi connectivity index (χ1) is 8.65. The van der Waals surface area contributed by atoms with Gasteiger partial charge in [0.1, 0.15) is 10.7 Å². The van der Waals surface area contributed by atoms with Gasteiger partial charge in [-0.05, 0) is 19.1 Å². The Kier molecular flexibility index (Phi) is 3.90. The molecule has 1 aromatic heterocycles. The van der Waals surface area contributed by atoms with Crippen LogP contribution in [0.2, 0.25) is 0 Å². The first kappa shape index (κ1) is 12.9. The first-order valence-corrected chi connectivity index (χ1v) is 6.24. The van der Waals surface area contributed by atoms with Crippen LogP contribution in [0.3, 0.4) is 0 Å². The largest absolute Gasteiger partial charge is 0.477 e. The van der Waals surface area contributed by atoms with E-state index in [1.165, 1.54) is 6.07 Å². The molecule has 0 aliphatic heterocycles. The van der Waals surface area contributed by atoms with Gasteiger partial charge >= 0.3 is 5.97 Å². The molecule has 4 nitrogen and oxygen atoms in total. The minimum absolute atomic E-state index is 0.141. The zero-order valence-electron chi connectivity index (χ0n) is 9.70. The molecule has 0 atom stereocenters. The summed E-state index contributed by atoms with van der Waals surface area (Å²) < 4.78 is 14.4. The summed E-state index contributed by atoms with van der Waals surface area (Å²) in [5, 5.41) is 9.49. The fraction of sp³-hybridized carbons (Fsp3) is 0.250. The van der Waals surface area contributed by atoms with Gasteiger partial charge in [-0.1, -0.05) is 6.07 Å². The number of aromatic carboxylic acids is 1. The molecule has 0 saturated carbocycles. The van der Waals surface area contributed by atoms with Crippen LogP contribution >= 0.6 is 11.3 Å². The van der Waals surface area contributed by atoms with Crippen LogP contribution in [0.4, 0.5) is 4.39 Å². The lowest BCUT2D eigenvalue weighted by molar-refractivity contribution is 0.0462. The molecule has 0 radical (unpaired) electrons. The molecule has 0 bridgehead atoms. The lowest BCUT2D eigenvalue weighted by Crippen LogP contribution is -2.15. The molecule has 0 saturated heterocycles. The topological polar surface area (TPSA) is 58.6 Å². The van der Waals surface area contributed by atoms with E-state index in [9.17, 15) is 9.18 Å². The van der Waals surface area contributed by atoms with Gasteiger partial charge in [0.05, 0.1) is 6.61 Å². The van der Waals surface area contributed by atoms with Gasteiger partial charge in [-0.25, -0.2) is 9.18 Å². The number of benzene rings is 1. The second-order valence-electron chi connectivity index (χ2n) is 3.58. The number of rotatable bonds is 5. The summed E-state index contributed by atoms with van der Waals surface area (Å²) in [4.78, 5) is 16.3. The summed E-state index contributed by atoms with van der Waals surface area (Å²) >= 11 is 1.07. The van der Waals surface area contributed by atoms with Crippen molar-refractivity contribution in [3.63, 3.8) is 0 Å². The second kappa shape index (κ2) is 5.43. The van der Waals surface area contributed by atoms with Crippen LogP contribution in [0.5, 0.6) is 0 Å². The van der Waals surface area contributed by atoms with Crippen LogP contribution in [0.25, 0.3) is 10.1 Å². The second-order valence-corrected chi connectivity index (χ2v) is 4.63. The standard InChI is InChI=1S/C12H12FNO3S/c1-2-17-14-6-7-10-8(13)4-3-5-9(10)18-11(7)12(15)16/h3-5,14H,2,6H2,1H3,(H,15,16). The van der Waals surface area contributed by atoms with Crippen LogP contribution in [-0.4, -0.2) is 17.7 Å². The molecule has 0 aliphatic rings. The number of halogens is 1. The molecule has 18 heavy (non-hydrogen) atoms. The molecule has 96 valence electrons. The van der Waals surface area contributed by atoms with E-state index >= 15 is 0 Å². The van der Waals surface area contributed by atoms with Crippen LogP contribution in [0.1, 0.15) is 22.2 Å². The molecular weight excluding hydrogens is 257 g/mol. The number of carboxylic acid groups (broad SMARTS) is 1. The van der Waals surface area contributed by atoms with Crippen LogP contribution < -0.4 is 5.48 Å². The van der Waals surface area contributed by atoms with Crippen molar-refractivity contribution < 1.29 is 19.1 Å². The van der Waals surface area contributed by atoms with E-state index in [0.717, 1.165) is 11.3 Å². The van der Waals surface area contributed by atoms with Gasteiger partial charge in [-0.3, -0.25) is 0 Å². The first-order valence-electron chi connectivity index (χ1n) is 5.43. The maximum Gasteiger partial charge on any atom is 0.346 e. The minimum atomic E-state index is -1.05. The van der Waals surface area contributed by atoms with Crippen molar-refractivity contribution in [1.82, 2.24) is 5.48 Å². The Bertz CT molecular complexity index is 582. The van der Waals surface area contributed by atoms with Crippen molar-refractivity contribution in [2.75, 3.05) is 6.61 Å². The molecule has 0 amide bonds. The Morgan fingerprint density at radius 1 is 1.56 bits per heavy atom. The third-order valence-electron chi connectivity index (χ3n) is 2.45. The molecule has 2 rings (SSSR count). The zero-order valence-corrected chi connectivity index (χ0v) is 10.5. The number of hydrogen-bond acceptors (Lipinski definition) is 4. The maximum absolute atomic E-state index is 13.8. The Morgan fingerprint density at radius 2 is 2.33 bits per heavy atom. The highest BCUT2D eigenvalue weighted by molar-refractivity contribution is 7.21. The van der Waals surface area contributed by atoms with Crippen LogP contribution in [0.15, 0.2) is 18.2 Å². The summed E-state index contributed by atoms with van der Waals surface area (Å²) in [7, 11) is 0. The van der Waals surface area contributed by atoms with Crippen molar-refractivity contribution in [2.24, 2.45) is 0 Å². The number of hydroxylamine groups is 1. The van der Waals surface area contributed by atoms with Gasteiger partial charge < -0.3 is 9.94 Å². The third kappa shape index (κ3) is 2.35. The lowest BCUT2D eigenvalue weighted by atomic mass is 10.1. The van der Waals surface area contributed by atoms with Gasteiger partial charge in [-0.2, -0.15) is 5.48 Å². The predicted molar refractivity (Wildman–Crippen MR) is 67.2 cm³/mol. The summed E-state index contributed by atoms with van der Waals surface area (Å²) in [6, 6.07) is 4.60. The maximum atomic E-state index is 13.8. The molecular formula is C12H12FNO3S. The molecule has 6 heteroatoms. The molecule has 1 aromatic carbocycles. The van der Waals surface area contributed by atoms with E-state index in [-0.39, 0.29) is 11.4 Å². The van der Waals surface area contributed by atoms with E-state index in [1.807, 2.05) is 0 Å². The van der Waals surface area contributed by atoms with Crippen molar-refractivity contribution in [1.29, 1.82) is 0 Å². The molecule has 0 fully saturated rings. The van der Waals surface area contributed by atoms with Gasteiger partial charge in [0.25, 0.3) is 0 Å². The molecule has 0 aliphatic carbocycles. The smallest absolute Gasteiger partial charge is 0.346 e. The summed E-state index contributed by atoms with van der Waals surface area (Å²) in [5.41, 5.74) is 3.05. The number of nitrogens with one attached hydrogen (secondary N) is 1. The molecule has 0 unspecified atom stereocenters. The Balaban J connectivity index is 2.51. The lowest BCUT2D eigenvalue weighted by Gasteiger charge is -2.04. The highest BCUT2D eigenvalue weighted by atomic mass is 32.1. The van der Waals surface area contributed by atoms with Gasteiger partial charge in [-0.15, -0.1) is 11.3 Å². The number of carbonyl (C=O) groups is 1. The summed E-state index contributed by atoms with van der Waals surface area (Å²) in [6.07, 6.45) is 0. The Labute approximate surface area is 107 Å². The Hall–Kier alpha value is -1.50. The van der Waals surface area contributed by atoms with Crippen molar-refractivity contribution in [3.05, 3.63) is 34.5 Å². The number of fused-ring (bicyclic) bond motifs is 1. The normalized spacial score (nSPS) is 11.0. The molecule has 0 spiro atoms. The van der Waals surface area contributed by atoms with Crippen LogP contribution in [0, 0.1) is 5.82 Å². The minimum Gasteiger partial charge on any atom is -0.477 e. The van der Waals surface area contributed by atoms with Crippen molar-refractivity contribution in [2.45, 2.75) is 13.5 Å². The van der Waals surface area contributed by atoms with Crippen LogP contribution in [-0.2, 0) is 11.4 Å². The Morgan fingerprint density at radius 3 is 3.00 bits per heavy atom. The summed E-state index contributed by atoms with van der Waals surface area (Å²) in [6.45, 7) is 2.42. The highest BCUT2D eigenvalue weighted by Crippen LogP contribution is 2.33. The van der Waals surface area contributed by atoms with Gasteiger partial charge in [0, 0.05) is 22.2 Å². The number of hydrogen-bond donors (Lipinski definition) is 2. The fourth-order valence-corrected chi connectivity index (χ4v) is 2.81. The van der Waals surface area contributed by atoms with E-state index in [1.54, 1.807) is 19.1 Å². The van der Waals surface area contributed by atoms with E-state index < -0.39 is 11.8 Å². The van der Waals surface area contributed by atoms with E-state index in [2.05, 4.69) is 5.48 Å². The molecule has 2 N–H and O–H groups in total. The average molecular weight is 269 g/mol. The fourth-order valence-electron chi connectivity index (χ4n) is 1.73. The molecule has 1 heterocycles. The predicted octanol–water partition coefficient (Wildman–Crippen LogP) is 2.78. The van der Waals surface area contributed by atoms with E-state index in [0.29, 0.717) is 22.3 Å². The van der Waals surface area contributed by atoms with Gasteiger partial charge in [0.2, 0.25) is 0 Å². The summed E-state index contributed by atoms with van der Waals surface area (Å²) in [5.74, 6) is -1.46. The van der Waals surface area contributed by atoms with Crippen molar-refractivity contribution in [3.8, 4) is 0 Å². The van der Waals surface area contributed by atoms with E-state index in [4.69, 9.17) is 9.94 Å². The SMILES string of the molecule is CCONCc1c(C(=O)O)sc2cccc(F)c12. The number of thiophene rings is 1. The van der Waals surface area contributed by atoms with Crippen molar-refractivity contribution >= 4 is 27.4 Å². The monoisotopic (exact) mass is 269 g/mol. The quantitative estimate of drug-likeness (QED) is 0.647. The average Bonchev–Trinajstić information content (AvgIpc) is 2.70. The third-order valence-corrected chi connectivity index (χ3v) is 3.64. The number of carboxylic acids is 1. The van der Waals surface area contributed by atoms with Gasteiger partial charge in [0.15, 0.2) is 0 Å². The highest BCUT2D eigenvalue weighted by Gasteiger charge is 2.19. The zero-order chi connectivity index (χ0) is 13.1. The molecule has 2 aromatic rings.